The van der Waals surface area contributed by atoms with Crippen LogP contribution < -0.4 is 20.5 Å². The number of aryl methyl sites for hydroxylation is 1. The van der Waals surface area contributed by atoms with Gasteiger partial charge in [0.2, 0.25) is 0 Å². The Bertz CT molecular complexity index is 1020. The number of thiophene rings is 1. The van der Waals surface area contributed by atoms with E-state index in [2.05, 4.69) is 5.32 Å². The Morgan fingerprint density at radius 1 is 1.23 bits per heavy atom. The van der Waals surface area contributed by atoms with E-state index in [1.807, 2.05) is 0 Å². The SMILES string of the molecule is CCOc1c(Cl)cc(C(=O)OCC(=O)Nc2sc3c(c2C(N)=O)CCCC3)cc1OC. The third kappa shape index (κ3) is 5.11. The molecule has 0 radical (unpaired) electrons. The van der Waals surface area contributed by atoms with Crippen LogP contribution in [0, 0.1) is 0 Å². The number of primary amides is 1. The van der Waals surface area contributed by atoms with Gasteiger partial charge in [0.15, 0.2) is 18.1 Å². The fourth-order valence-electron chi connectivity index (χ4n) is 3.41. The molecule has 3 N–H and O–H groups in total. The molecule has 8 nitrogen and oxygen atoms in total. The number of benzene rings is 1. The van der Waals surface area contributed by atoms with Gasteiger partial charge < -0.3 is 25.3 Å². The maximum atomic E-state index is 12.4. The Hall–Kier alpha value is -2.78. The number of carbonyl (C=O) groups excluding carboxylic acids is 3. The fraction of sp³-hybridized carbons (Fsp3) is 0.381. The highest BCUT2D eigenvalue weighted by atomic mass is 35.5. The van der Waals surface area contributed by atoms with Gasteiger partial charge in [0.1, 0.15) is 5.00 Å². The summed E-state index contributed by atoms with van der Waals surface area (Å²) in [6, 6.07) is 2.81. The van der Waals surface area contributed by atoms with E-state index >= 15 is 0 Å². The van der Waals surface area contributed by atoms with Gasteiger partial charge in [-0.1, -0.05) is 11.6 Å². The molecule has 1 aromatic heterocycles. The summed E-state index contributed by atoms with van der Waals surface area (Å²) < 4.78 is 15.7. The van der Waals surface area contributed by atoms with Gasteiger partial charge in [-0.05, 0) is 50.3 Å². The summed E-state index contributed by atoms with van der Waals surface area (Å²) in [5, 5.41) is 3.23. The molecule has 2 amide bonds. The molecule has 0 saturated carbocycles. The van der Waals surface area contributed by atoms with E-state index in [-0.39, 0.29) is 16.3 Å². The van der Waals surface area contributed by atoms with Crippen LogP contribution in [-0.4, -0.2) is 38.1 Å². The van der Waals surface area contributed by atoms with Crippen molar-refractivity contribution in [3.05, 3.63) is 38.7 Å². The van der Waals surface area contributed by atoms with Gasteiger partial charge in [-0.2, -0.15) is 0 Å². The number of rotatable bonds is 8. The minimum absolute atomic E-state index is 0.113. The third-order valence-electron chi connectivity index (χ3n) is 4.76. The molecule has 3 rings (SSSR count). The van der Waals surface area contributed by atoms with Crippen LogP contribution in [0.25, 0.3) is 0 Å². The Kier molecular flexibility index (Phi) is 7.40. The molecule has 0 aliphatic heterocycles. The quantitative estimate of drug-likeness (QED) is 0.574. The molecular formula is C21H23ClN2O6S. The number of carbonyl (C=O) groups is 3. The first kappa shape index (κ1) is 22.9. The van der Waals surface area contributed by atoms with Crippen molar-refractivity contribution in [2.24, 2.45) is 5.73 Å². The van der Waals surface area contributed by atoms with Gasteiger partial charge in [-0.15, -0.1) is 11.3 Å². The van der Waals surface area contributed by atoms with Crippen molar-refractivity contribution in [1.29, 1.82) is 0 Å². The van der Waals surface area contributed by atoms with Crippen molar-refractivity contribution in [1.82, 2.24) is 0 Å². The number of anilines is 1. The summed E-state index contributed by atoms with van der Waals surface area (Å²) in [5.41, 5.74) is 6.90. The van der Waals surface area contributed by atoms with Crippen molar-refractivity contribution in [2.75, 3.05) is 25.6 Å². The van der Waals surface area contributed by atoms with Crippen LogP contribution in [0.4, 0.5) is 5.00 Å². The second-order valence-corrected chi connectivity index (χ2v) is 8.34. The highest BCUT2D eigenvalue weighted by Crippen LogP contribution is 2.38. The zero-order valence-corrected chi connectivity index (χ0v) is 18.8. The van der Waals surface area contributed by atoms with Gasteiger partial charge in [-0.25, -0.2) is 4.79 Å². The second kappa shape index (κ2) is 10.0. The largest absolute Gasteiger partial charge is 0.493 e. The van der Waals surface area contributed by atoms with Crippen LogP contribution in [0.5, 0.6) is 11.5 Å². The lowest BCUT2D eigenvalue weighted by molar-refractivity contribution is -0.119. The van der Waals surface area contributed by atoms with Crippen molar-refractivity contribution >= 4 is 45.7 Å². The minimum atomic E-state index is -0.751. The number of methoxy groups -OCH3 is 1. The van der Waals surface area contributed by atoms with E-state index in [0.717, 1.165) is 36.1 Å². The summed E-state index contributed by atoms with van der Waals surface area (Å²) in [5.74, 6) is -1.30. The Morgan fingerprint density at radius 2 is 1.97 bits per heavy atom. The lowest BCUT2D eigenvalue weighted by atomic mass is 9.95. The van der Waals surface area contributed by atoms with Crippen molar-refractivity contribution in [2.45, 2.75) is 32.6 Å². The Balaban J connectivity index is 1.68. The first-order valence-corrected chi connectivity index (χ1v) is 11.0. The fourth-order valence-corrected chi connectivity index (χ4v) is 4.99. The molecule has 10 heteroatoms. The van der Waals surface area contributed by atoms with Crippen molar-refractivity contribution < 1.29 is 28.6 Å². The molecule has 0 saturated heterocycles. The molecular weight excluding hydrogens is 444 g/mol. The highest BCUT2D eigenvalue weighted by Gasteiger charge is 2.25. The smallest absolute Gasteiger partial charge is 0.338 e. The third-order valence-corrected chi connectivity index (χ3v) is 6.25. The molecule has 31 heavy (non-hydrogen) atoms. The number of ether oxygens (including phenoxy) is 3. The van der Waals surface area contributed by atoms with Crippen molar-refractivity contribution in [3.63, 3.8) is 0 Å². The van der Waals surface area contributed by atoms with E-state index in [1.54, 1.807) is 6.92 Å². The number of esters is 1. The second-order valence-electron chi connectivity index (χ2n) is 6.83. The lowest BCUT2D eigenvalue weighted by Gasteiger charge is -2.13. The summed E-state index contributed by atoms with van der Waals surface area (Å²) >= 11 is 7.51. The first-order valence-electron chi connectivity index (χ1n) is 9.77. The van der Waals surface area contributed by atoms with Gasteiger partial charge in [0.25, 0.3) is 11.8 Å². The van der Waals surface area contributed by atoms with Crippen molar-refractivity contribution in [3.8, 4) is 11.5 Å². The summed E-state index contributed by atoms with van der Waals surface area (Å²) in [7, 11) is 1.42. The maximum absolute atomic E-state index is 12.4. The van der Waals surface area contributed by atoms with Crippen LogP contribution >= 0.6 is 22.9 Å². The topological polar surface area (TPSA) is 117 Å². The number of nitrogens with one attached hydrogen (secondary N) is 1. The first-order chi connectivity index (χ1) is 14.8. The Labute approximate surface area is 188 Å². The normalized spacial score (nSPS) is 12.6. The van der Waals surface area contributed by atoms with Crippen LogP contribution in [0.2, 0.25) is 5.02 Å². The highest BCUT2D eigenvalue weighted by molar-refractivity contribution is 7.17. The average molecular weight is 467 g/mol. The van der Waals surface area contributed by atoms with E-state index in [0.29, 0.717) is 22.9 Å². The van der Waals surface area contributed by atoms with Crippen LogP contribution in [0.15, 0.2) is 12.1 Å². The standard InChI is InChI=1S/C21H23ClN2O6S/c1-3-29-18-13(22)8-11(9-14(18)28-2)21(27)30-10-16(25)24-20-17(19(23)26)12-6-4-5-7-15(12)31-20/h8-9H,3-7,10H2,1-2H3,(H2,23,26)(H,24,25). The molecule has 0 unspecified atom stereocenters. The summed E-state index contributed by atoms with van der Waals surface area (Å²) in [4.78, 5) is 37.7. The van der Waals surface area contributed by atoms with E-state index in [9.17, 15) is 14.4 Å². The average Bonchev–Trinajstić information content (AvgIpc) is 3.11. The molecule has 2 aromatic rings. The molecule has 1 aliphatic carbocycles. The van der Waals surface area contributed by atoms with Crippen LogP contribution in [-0.2, 0) is 22.4 Å². The van der Waals surface area contributed by atoms with Gasteiger partial charge in [0.05, 0.1) is 29.9 Å². The molecule has 0 atom stereocenters. The molecule has 1 heterocycles. The molecule has 0 bridgehead atoms. The number of nitrogens with two attached hydrogens (primary N) is 1. The summed E-state index contributed by atoms with van der Waals surface area (Å²) in [6.07, 6.45) is 3.62. The molecule has 1 aromatic carbocycles. The maximum Gasteiger partial charge on any atom is 0.338 e. The minimum Gasteiger partial charge on any atom is -0.493 e. The predicted molar refractivity (Wildman–Crippen MR) is 118 cm³/mol. The molecule has 1 aliphatic rings. The van der Waals surface area contributed by atoms with Gasteiger partial charge in [0, 0.05) is 4.88 Å². The number of fused-ring (bicyclic) bond motifs is 1. The zero-order valence-electron chi connectivity index (χ0n) is 17.2. The zero-order chi connectivity index (χ0) is 22.5. The number of hydrogen-bond acceptors (Lipinski definition) is 7. The number of hydrogen-bond donors (Lipinski definition) is 2. The lowest BCUT2D eigenvalue weighted by Crippen LogP contribution is -2.23. The number of amides is 2. The van der Waals surface area contributed by atoms with Gasteiger partial charge in [-0.3, -0.25) is 9.59 Å². The van der Waals surface area contributed by atoms with E-state index < -0.39 is 24.4 Å². The molecule has 0 fully saturated rings. The van der Waals surface area contributed by atoms with Crippen LogP contribution in [0.1, 0.15) is 50.9 Å². The predicted octanol–water partition coefficient (Wildman–Crippen LogP) is 3.58. The monoisotopic (exact) mass is 466 g/mol. The van der Waals surface area contributed by atoms with E-state index in [4.69, 9.17) is 31.5 Å². The van der Waals surface area contributed by atoms with Gasteiger partial charge >= 0.3 is 5.97 Å². The van der Waals surface area contributed by atoms with Crippen LogP contribution in [0.3, 0.4) is 0 Å². The number of halogens is 1. The molecule has 166 valence electrons. The summed E-state index contributed by atoms with van der Waals surface area (Å²) in [6.45, 7) is 1.64. The van der Waals surface area contributed by atoms with E-state index in [1.165, 1.54) is 30.6 Å². The molecule has 0 spiro atoms. The Morgan fingerprint density at radius 3 is 2.65 bits per heavy atom.